The minimum atomic E-state index is -0.865. The molecule has 0 aliphatic rings. The molecular formula is C24H42O12. The summed E-state index contributed by atoms with van der Waals surface area (Å²) in [6, 6.07) is 0. The molecule has 0 aliphatic carbocycles. The first-order valence-corrected chi connectivity index (χ1v) is 12.1. The number of aliphatic carboxylic acids is 1. The van der Waals surface area contributed by atoms with Gasteiger partial charge in [-0.05, 0) is 19.8 Å². The Labute approximate surface area is 213 Å². The van der Waals surface area contributed by atoms with Gasteiger partial charge in [0.25, 0.3) is 0 Å². The molecular weight excluding hydrogens is 480 g/mol. The second-order valence-corrected chi connectivity index (χ2v) is 7.41. The fraction of sp³-hybridized carbons (Fsp3) is 0.792. The van der Waals surface area contributed by atoms with Crippen LogP contribution in [0.15, 0.2) is 12.2 Å². The number of carboxylic acid groups (broad SMARTS) is 1. The van der Waals surface area contributed by atoms with Gasteiger partial charge in [0.15, 0.2) is 0 Å². The lowest BCUT2D eigenvalue weighted by molar-refractivity contribution is -0.146. The molecule has 36 heavy (non-hydrogen) atoms. The van der Waals surface area contributed by atoms with Gasteiger partial charge in [0.2, 0.25) is 0 Å². The summed E-state index contributed by atoms with van der Waals surface area (Å²) in [4.78, 5) is 32.9. The van der Waals surface area contributed by atoms with Gasteiger partial charge in [0.05, 0.1) is 79.3 Å². The van der Waals surface area contributed by atoms with E-state index in [1.165, 1.54) is 0 Å². The van der Waals surface area contributed by atoms with Gasteiger partial charge in [-0.25, -0.2) is 4.79 Å². The van der Waals surface area contributed by atoms with Crippen LogP contribution in [0, 0.1) is 0 Å². The van der Waals surface area contributed by atoms with Gasteiger partial charge in [-0.2, -0.15) is 0 Å². The van der Waals surface area contributed by atoms with Crippen molar-refractivity contribution in [3.8, 4) is 0 Å². The van der Waals surface area contributed by atoms with Crippen LogP contribution in [0.4, 0.5) is 0 Å². The van der Waals surface area contributed by atoms with Crippen molar-refractivity contribution in [3.63, 3.8) is 0 Å². The zero-order valence-electron chi connectivity index (χ0n) is 21.4. The number of unbranched alkanes of at least 4 members (excludes halogenated alkanes) is 1. The second-order valence-electron chi connectivity index (χ2n) is 7.41. The largest absolute Gasteiger partial charge is 0.481 e. The van der Waals surface area contributed by atoms with Crippen molar-refractivity contribution in [2.75, 3.05) is 92.5 Å². The molecule has 0 heterocycles. The molecule has 0 aromatic heterocycles. The van der Waals surface area contributed by atoms with Gasteiger partial charge in [-0.1, -0.05) is 6.58 Å². The second kappa shape index (κ2) is 26.0. The highest BCUT2D eigenvalue weighted by atomic mass is 16.6. The van der Waals surface area contributed by atoms with Crippen molar-refractivity contribution in [1.82, 2.24) is 0 Å². The maximum Gasteiger partial charge on any atom is 0.333 e. The monoisotopic (exact) mass is 522 g/mol. The van der Waals surface area contributed by atoms with E-state index in [2.05, 4.69) is 6.58 Å². The number of ether oxygens (including phenoxy) is 8. The molecule has 0 bridgehead atoms. The van der Waals surface area contributed by atoms with Crippen molar-refractivity contribution >= 4 is 17.9 Å². The van der Waals surface area contributed by atoms with Crippen LogP contribution < -0.4 is 0 Å². The molecule has 0 rings (SSSR count). The third-order valence-corrected chi connectivity index (χ3v) is 4.18. The molecule has 0 spiro atoms. The van der Waals surface area contributed by atoms with Crippen LogP contribution in [0.5, 0.6) is 0 Å². The van der Waals surface area contributed by atoms with Crippen molar-refractivity contribution in [2.45, 2.75) is 32.6 Å². The minimum Gasteiger partial charge on any atom is -0.481 e. The Bertz CT molecular complexity index is 581. The topological polar surface area (TPSA) is 145 Å². The van der Waals surface area contributed by atoms with Crippen LogP contribution >= 0.6 is 0 Å². The Morgan fingerprint density at radius 3 is 1.25 bits per heavy atom. The highest BCUT2D eigenvalue weighted by Crippen LogP contribution is 2.01. The van der Waals surface area contributed by atoms with E-state index in [9.17, 15) is 14.4 Å². The van der Waals surface area contributed by atoms with Crippen molar-refractivity contribution in [2.24, 2.45) is 0 Å². The molecule has 0 saturated carbocycles. The van der Waals surface area contributed by atoms with E-state index in [0.717, 1.165) is 0 Å². The normalized spacial score (nSPS) is 10.8. The van der Waals surface area contributed by atoms with Gasteiger partial charge < -0.3 is 43.0 Å². The van der Waals surface area contributed by atoms with E-state index in [-0.39, 0.29) is 38.6 Å². The van der Waals surface area contributed by atoms with Crippen LogP contribution in [0.25, 0.3) is 0 Å². The molecule has 0 saturated heterocycles. The minimum absolute atomic E-state index is 0.0587. The average molecular weight is 523 g/mol. The van der Waals surface area contributed by atoms with E-state index >= 15 is 0 Å². The van der Waals surface area contributed by atoms with Crippen LogP contribution in [-0.2, 0) is 52.3 Å². The van der Waals surface area contributed by atoms with E-state index in [1.54, 1.807) is 6.92 Å². The molecule has 1 N–H and O–H groups in total. The van der Waals surface area contributed by atoms with Crippen LogP contribution in [-0.4, -0.2) is 116 Å². The molecule has 210 valence electrons. The lowest BCUT2D eigenvalue weighted by Gasteiger charge is -2.08. The Balaban J connectivity index is 3.15. The molecule has 0 fully saturated rings. The Hall–Kier alpha value is -2.09. The summed E-state index contributed by atoms with van der Waals surface area (Å²) in [6.07, 6.45) is 1.23. The number of hydrogen-bond donors (Lipinski definition) is 1. The number of hydrogen-bond acceptors (Lipinski definition) is 11. The van der Waals surface area contributed by atoms with E-state index in [4.69, 9.17) is 43.0 Å². The smallest absolute Gasteiger partial charge is 0.333 e. The molecule has 12 nitrogen and oxygen atoms in total. The molecule has 0 aromatic rings. The third-order valence-electron chi connectivity index (χ3n) is 4.18. The quantitative estimate of drug-likeness (QED) is 0.0945. The summed E-state index contributed by atoms with van der Waals surface area (Å²) in [5, 5.41) is 8.51. The van der Waals surface area contributed by atoms with E-state index in [0.29, 0.717) is 91.1 Å². The van der Waals surface area contributed by atoms with E-state index < -0.39 is 11.9 Å². The van der Waals surface area contributed by atoms with Crippen LogP contribution in [0.1, 0.15) is 32.6 Å². The first-order valence-electron chi connectivity index (χ1n) is 12.1. The van der Waals surface area contributed by atoms with Crippen LogP contribution in [0.3, 0.4) is 0 Å². The molecule has 0 aromatic carbocycles. The van der Waals surface area contributed by atoms with Gasteiger partial charge in [-0.3, -0.25) is 9.59 Å². The molecule has 0 atom stereocenters. The van der Waals surface area contributed by atoms with Crippen molar-refractivity contribution < 1.29 is 57.4 Å². The molecule has 0 aliphatic heterocycles. The predicted octanol–water partition coefficient (Wildman–Crippen LogP) is 1.39. The maximum absolute atomic E-state index is 11.4. The molecule has 12 heteroatoms. The molecule has 0 unspecified atom stereocenters. The third kappa shape index (κ3) is 26.5. The number of esters is 2. The zero-order chi connectivity index (χ0) is 26.7. The predicted molar refractivity (Wildman–Crippen MR) is 128 cm³/mol. The number of carbonyl (C=O) groups is 3. The summed E-state index contributed by atoms with van der Waals surface area (Å²) < 4.78 is 42.0. The fourth-order valence-corrected chi connectivity index (χ4v) is 2.35. The van der Waals surface area contributed by atoms with Gasteiger partial charge in [-0.15, -0.1) is 0 Å². The Kier molecular flexibility index (Phi) is 24.5. The first kappa shape index (κ1) is 33.9. The number of rotatable bonds is 27. The highest BCUT2D eigenvalue weighted by molar-refractivity contribution is 5.86. The zero-order valence-corrected chi connectivity index (χ0v) is 21.4. The average Bonchev–Trinajstić information content (AvgIpc) is 2.84. The Morgan fingerprint density at radius 2 is 0.889 bits per heavy atom. The summed E-state index contributed by atoms with van der Waals surface area (Å²) in [5.41, 5.74) is 0.360. The highest BCUT2D eigenvalue weighted by Gasteiger charge is 2.04. The van der Waals surface area contributed by atoms with Crippen molar-refractivity contribution in [3.05, 3.63) is 12.2 Å². The van der Waals surface area contributed by atoms with Gasteiger partial charge in [0, 0.05) is 18.4 Å². The molecule has 0 radical (unpaired) electrons. The van der Waals surface area contributed by atoms with Crippen molar-refractivity contribution in [1.29, 1.82) is 0 Å². The summed E-state index contributed by atoms with van der Waals surface area (Å²) in [5.74, 6) is -1.64. The maximum atomic E-state index is 11.4. The fourth-order valence-electron chi connectivity index (χ4n) is 2.35. The van der Waals surface area contributed by atoms with E-state index in [1.807, 2.05) is 0 Å². The SMILES string of the molecule is C=C(C)C(=O)OCCOCCOCCOCCOCCOCCOCCOC(=O)CCCCC(=O)O. The van der Waals surface area contributed by atoms with Crippen LogP contribution in [0.2, 0.25) is 0 Å². The Morgan fingerprint density at radius 1 is 0.556 bits per heavy atom. The first-order chi connectivity index (χ1) is 17.4. The summed E-state index contributed by atoms with van der Waals surface area (Å²) in [7, 11) is 0. The lowest BCUT2D eigenvalue weighted by Crippen LogP contribution is -2.15. The standard InChI is InChI=1S/C24H42O12/c1-21(2)24(28)36-20-18-34-16-14-32-12-10-30-8-7-29-9-11-31-13-15-33-17-19-35-23(27)6-4-3-5-22(25)26/h1,3-20H2,2H3,(H,25,26). The van der Waals surface area contributed by atoms with Gasteiger partial charge >= 0.3 is 17.9 Å². The van der Waals surface area contributed by atoms with Gasteiger partial charge in [0.1, 0.15) is 13.2 Å². The summed E-state index contributed by atoms with van der Waals surface area (Å²) in [6.45, 7) is 10.3. The number of carboxylic acids is 1. The number of carbonyl (C=O) groups excluding carboxylic acids is 2. The molecule has 0 amide bonds. The summed E-state index contributed by atoms with van der Waals surface area (Å²) >= 11 is 0. The lowest BCUT2D eigenvalue weighted by atomic mass is 10.2.